The first-order valence-electron chi connectivity index (χ1n) is 9.20. The summed E-state index contributed by atoms with van der Waals surface area (Å²) in [6, 6.07) is 7.75. The van der Waals surface area contributed by atoms with Crippen LogP contribution in [-0.2, 0) is 15.7 Å². The normalized spacial score (nSPS) is 20.3. The summed E-state index contributed by atoms with van der Waals surface area (Å²) >= 11 is 0. The van der Waals surface area contributed by atoms with Crippen LogP contribution in [0.3, 0.4) is 0 Å². The molecule has 3 heterocycles. The van der Waals surface area contributed by atoms with Gasteiger partial charge in [-0.2, -0.15) is 0 Å². The van der Waals surface area contributed by atoms with Crippen molar-refractivity contribution < 1.29 is 14.1 Å². The number of anilines is 1. The first kappa shape index (κ1) is 18.0. The number of nitrogens with two attached hydrogens (primary N) is 1. The van der Waals surface area contributed by atoms with Crippen molar-refractivity contribution in [1.82, 2.24) is 10.3 Å². The molecule has 0 atom stereocenters. The summed E-state index contributed by atoms with van der Waals surface area (Å²) in [7, 11) is -0.495. The molecule has 0 bridgehead atoms. The number of amides is 1. The van der Waals surface area contributed by atoms with Crippen LogP contribution in [0.2, 0.25) is 0 Å². The van der Waals surface area contributed by atoms with Gasteiger partial charge in [0.25, 0.3) is 5.91 Å². The molecule has 1 amide bonds. The summed E-state index contributed by atoms with van der Waals surface area (Å²) in [5.41, 5.74) is 9.65. The highest BCUT2D eigenvalue weighted by molar-refractivity contribution is 6.62. The Bertz CT molecular complexity index is 911. The summed E-state index contributed by atoms with van der Waals surface area (Å²) in [6.45, 7) is 8.73. The molecule has 140 valence electrons. The van der Waals surface area contributed by atoms with Crippen LogP contribution in [0, 0.1) is 0 Å². The first-order valence-corrected chi connectivity index (χ1v) is 9.20. The number of hydrogen-bond acceptors (Lipinski definition) is 5. The number of aromatic nitrogens is 1. The zero-order valence-corrected chi connectivity index (χ0v) is 16.1. The number of nitrogens with zero attached hydrogens (tertiary/aromatic N) is 1. The number of rotatable bonds is 2. The fraction of sp³-hybridized carbons (Fsp3) is 0.400. The van der Waals surface area contributed by atoms with Crippen molar-refractivity contribution in [2.75, 3.05) is 12.3 Å². The lowest BCUT2D eigenvalue weighted by Gasteiger charge is -2.32. The van der Waals surface area contributed by atoms with Gasteiger partial charge in [-0.25, -0.2) is 4.98 Å². The van der Waals surface area contributed by atoms with E-state index >= 15 is 0 Å². The van der Waals surface area contributed by atoms with E-state index in [1.54, 1.807) is 6.20 Å². The molecule has 4 rings (SSSR count). The third kappa shape index (κ3) is 3.01. The Labute approximate surface area is 159 Å². The average molecular weight is 365 g/mol. The molecule has 2 aliphatic rings. The predicted molar refractivity (Wildman–Crippen MR) is 106 cm³/mol. The lowest BCUT2D eigenvalue weighted by Crippen LogP contribution is -2.41. The smallest absolute Gasteiger partial charge is 0.399 e. The molecule has 0 spiro atoms. The maximum absolute atomic E-state index is 12.0. The maximum atomic E-state index is 12.0. The number of carbonyl (C=O) groups is 1. The first-order chi connectivity index (χ1) is 12.7. The zero-order chi connectivity index (χ0) is 19.4. The van der Waals surface area contributed by atoms with E-state index in [1.165, 1.54) is 0 Å². The highest BCUT2D eigenvalue weighted by atomic mass is 16.7. The van der Waals surface area contributed by atoms with Crippen molar-refractivity contribution in [3.05, 3.63) is 41.6 Å². The maximum Gasteiger partial charge on any atom is 0.496 e. The standard InChI is InChI=1S/C20H24BN3O3/c1-19(2)20(3,4)27-21(26-19)14-10-16(17(22)24-11-14)12-5-6-15-13(9-12)7-8-23-18(15)25/h5-6,9-11H,7-8H2,1-4H3,(H2,22,24)(H,23,25). The minimum Gasteiger partial charge on any atom is -0.399 e. The molecule has 1 saturated heterocycles. The van der Waals surface area contributed by atoms with Crippen LogP contribution in [0.5, 0.6) is 0 Å². The van der Waals surface area contributed by atoms with Gasteiger partial charge in [-0.1, -0.05) is 12.1 Å². The van der Waals surface area contributed by atoms with Crippen LogP contribution in [0.15, 0.2) is 30.5 Å². The Kier molecular flexibility index (Phi) is 4.05. The molecular formula is C20H24BN3O3. The summed E-state index contributed by atoms with van der Waals surface area (Å²) in [6.07, 6.45) is 2.51. The van der Waals surface area contributed by atoms with Gasteiger partial charge < -0.3 is 20.4 Å². The SMILES string of the molecule is CC1(C)OB(c2cnc(N)c(-c3ccc4c(c3)CCNC4=O)c2)OC1(C)C. The number of hydrogen-bond donors (Lipinski definition) is 2. The quantitative estimate of drug-likeness (QED) is 0.794. The second kappa shape index (κ2) is 6.07. The molecule has 7 heteroatoms. The van der Waals surface area contributed by atoms with Crippen LogP contribution in [0.25, 0.3) is 11.1 Å². The molecule has 0 unspecified atom stereocenters. The van der Waals surface area contributed by atoms with E-state index in [0.717, 1.165) is 34.1 Å². The van der Waals surface area contributed by atoms with Crippen molar-refractivity contribution in [2.24, 2.45) is 0 Å². The summed E-state index contributed by atoms with van der Waals surface area (Å²) < 4.78 is 12.3. The molecule has 6 nitrogen and oxygen atoms in total. The average Bonchev–Trinajstić information content (AvgIpc) is 2.83. The third-order valence-electron chi connectivity index (χ3n) is 5.81. The summed E-state index contributed by atoms with van der Waals surface area (Å²) in [5, 5.41) is 2.86. The van der Waals surface area contributed by atoms with E-state index in [4.69, 9.17) is 15.0 Å². The lowest BCUT2D eigenvalue weighted by atomic mass is 9.79. The zero-order valence-electron chi connectivity index (χ0n) is 16.1. The van der Waals surface area contributed by atoms with Gasteiger partial charge in [0.1, 0.15) is 5.82 Å². The van der Waals surface area contributed by atoms with Crippen LogP contribution >= 0.6 is 0 Å². The van der Waals surface area contributed by atoms with Crippen LogP contribution in [0.1, 0.15) is 43.6 Å². The molecule has 27 heavy (non-hydrogen) atoms. The van der Waals surface area contributed by atoms with Gasteiger partial charge in [-0.15, -0.1) is 0 Å². The van der Waals surface area contributed by atoms with Crippen molar-refractivity contribution >= 4 is 24.3 Å². The lowest BCUT2D eigenvalue weighted by molar-refractivity contribution is 0.00578. The molecule has 1 aromatic carbocycles. The number of nitrogen functional groups attached to an aromatic ring is 1. The van der Waals surface area contributed by atoms with Gasteiger partial charge in [0, 0.05) is 29.3 Å². The third-order valence-corrected chi connectivity index (χ3v) is 5.81. The molecule has 1 aromatic heterocycles. The minimum atomic E-state index is -0.495. The van der Waals surface area contributed by atoms with Crippen molar-refractivity contribution in [3.8, 4) is 11.1 Å². The van der Waals surface area contributed by atoms with E-state index in [2.05, 4.69) is 10.3 Å². The van der Waals surface area contributed by atoms with Crippen LogP contribution < -0.4 is 16.5 Å². The number of nitrogens with one attached hydrogen (secondary N) is 1. The minimum absolute atomic E-state index is 0.0279. The van der Waals surface area contributed by atoms with E-state index in [1.807, 2.05) is 52.0 Å². The number of pyridine rings is 1. The largest absolute Gasteiger partial charge is 0.496 e. The topological polar surface area (TPSA) is 86.5 Å². The number of benzene rings is 1. The Balaban J connectivity index is 1.71. The van der Waals surface area contributed by atoms with Gasteiger partial charge in [-0.05, 0) is 57.4 Å². The van der Waals surface area contributed by atoms with E-state index < -0.39 is 18.3 Å². The van der Waals surface area contributed by atoms with Crippen LogP contribution in [-0.4, -0.2) is 35.8 Å². The van der Waals surface area contributed by atoms with Crippen molar-refractivity contribution in [2.45, 2.75) is 45.3 Å². The summed E-state index contributed by atoms with van der Waals surface area (Å²) in [4.78, 5) is 16.3. The number of fused-ring (bicyclic) bond motifs is 1. The highest BCUT2D eigenvalue weighted by Crippen LogP contribution is 2.37. The molecular weight excluding hydrogens is 341 g/mol. The Morgan fingerprint density at radius 2 is 1.81 bits per heavy atom. The molecule has 1 fully saturated rings. The van der Waals surface area contributed by atoms with Gasteiger partial charge in [0.2, 0.25) is 0 Å². The monoisotopic (exact) mass is 365 g/mol. The van der Waals surface area contributed by atoms with Gasteiger partial charge in [0.15, 0.2) is 0 Å². The van der Waals surface area contributed by atoms with Gasteiger partial charge in [-0.3, -0.25) is 4.79 Å². The molecule has 2 aromatic rings. The molecule has 3 N–H and O–H groups in total. The molecule has 0 saturated carbocycles. The second-order valence-corrected chi connectivity index (χ2v) is 8.17. The molecule has 0 aliphatic carbocycles. The van der Waals surface area contributed by atoms with E-state index in [-0.39, 0.29) is 5.91 Å². The summed E-state index contributed by atoms with van der Waals surface area (Å²) in [5.74, 6) is 0.412. The number of carbonyl (C=O) groups excluding carboxylic acids is 1. The highest BCUT2D eigenvalue weighted by Gasteiger charge is 2.51. The van der Waals surface area contributed by atoms with E-state index in [9.17, 15) is 4.79 Å². The predicted octanol–water partition coefficient (Wildman–Crippen LogP) is 1.92. The van der Waals surface area contributed by atoms with Crippen molar-refractivity contribution in [3.63, 3.8) is 0 Å². The van der Waals surface area contributed by atoms with Crippen molar-refractivity contribution in [1.29, 1.82) is 0 Å². The second-order valence-electron chi connectivity index (χ2n) is 8.17. The Morgan fingerprint density at radius 1 is 1.11 bits per heavy atom. The van der Waals surface area contributed by atoms with Gasteiger partial charge >= 0.3 is 7.12 Å². The Hall–Kier alpha value is -2.38. The Morgan fingerprint density at radius 3 is 2.52 bits per heavy atom. The van der Waals surface area contributed by atoms with Gasteiger partial charge in [0.05, 0.1) is 11.2 Å². The fourth-order valence-electron chi connectivity index (χ4n) is 3.43. The fourth-order valence-corrected chi connectivity index (χ4v) is 3.43. The van der Waals surface area contributed by atoms with E-state index in [0.29, 0.717) is 12.4 Å². The molecule has 0 radical (unpaired) electrons. The molecule has 2 aliphatic heterocycles. The van der Waals surface area contributed by atoms with Crippen LogP contribution in [0.4, 0.5) is 5.82 Å².